The van der Waals surface area contributed by atoms with E-state index in [1.807, 2.05) is 0 Å². The van der Waals surface area contributed by atoms with Gasteiger partial charge in [-0.05, 0) is 38.5 Å². The van der Waals surface area contributed by atoms with Gasteiger partial charge >= 0.3 is 5.97 Å². The summed E-state index contributed by atoms with van der Waals surface area (Å²) in [7, 11) is 0. The van der Waals surface area contributed by atoms with Crippen LogP contribution in [0.4, 0.5) is 0 Å². The number of carboxylic acid groups (broad SMARTS) is 1. The second-order valence-corrected chi connectivity index (χ2v) is 4.25. The van der Waals surface area contributed by atoms with Crippen molar-refractivity contribution < 1.29 is 14.6 Å². The summed E-state index contributed by atoms with van der Waals surface area (Å²) in [6, 6.07) is 0. The summed E-state index contributed by atoms with van der Waals surface area (Å²) in [5.74, 6) is -0.337. The molecule has 1 N–H and O–H groups in total. The van der Waals surface area contributed by atoms with E-state index in [1.54, 1.807) is 6.92 Å². The number of aliphatic carboxylic acids is 1. The average Bonchev–Trinajstić information content (AvgIpc) is 2.83. The first-order valence-corrected chi connectivity index (χ1v) is 5.06. The molecular weight excluding hydrogens is 168 g/mol. The standard InChI is InChI=1S/C10H16O3/c1-6(10(11)12)8-4-5-9(13-8)7-2-3-7/h6-9H,2-5H2,1H3,(H,11,12). The number of hydrogen-bond acceptors (Lipinski definition) is 2. The van der Waals surface area contributed by atoms with Gasteiger partial charge in [-0.1, -0.05) is 0 Å². The fourth-order valence-corrected chi connectivity index (χ4v) is 2.03. The Balaban J connectivity index is 1.86. The lowest BCUT2D eigenvalue weighted by atomic mass is 10.0. The first-order valence-electron chi connectivity index (χ1n) is 5.06. The van der Waals surface area contributed by atoms with E-state index in [0.717, 1.165) is 18.8 Å². The Kier molecular flexibility index (Phi) is 2.28. The largest absolute Gasteiger partial charge is 0.481 e. The summed E-state index contributed by atoms with van der Waals surface area (Å²) in [6.07, 6.45) is 4.87. The summed E-state index contributed by atoms with van der Waals surface area (Å²) in [6.45, 7) is 1.74. The van der Waals surface area contributed by atoms with E-state index in [0.29, 0.717) is 6.10 Å². The second-order valence-electron chi connectivity index (χ2n) is 4.25. The maximum Gasteiger partial charge on any atom is 0.308 e. The van der Waals surface area contributed by atoms with Gasteiger partial charge in [0.25, 0.3) is 0 Å². The van der Waals surface area contributed by atoms with Gasteiger partial charge in [0.2, 0.25) is 0 Å². The van der Waals surface area contributed by atoms with E-state index < -0.39 is 5.97 Å². The first-order chi connectivity index (χ1) is 6.18. The maximum absolute atomic E-state index is 10.7. The van der Waals surface area contributed by atoms with E-state index in [-0.39, 0.29) is 12.0 Å². The molecule has 0 spiro atoms. The lowest BCUT2D eigenvalue weighted by Crippen LogP contribution is -2.26. The molecule has 0 radical (unpaired) electrons. The lowest BCUT2D eigenvalue weighted by Gasteiger charge is -2.16. The highest BCUT2D eigenvalue weighted by molar-refractivity contribution is 5.70. The van der Waals surface area contributed by atoms with Gasteiger partial charge in [-0.25, -0.2) is 0 Å². The van der Waals surface area contributed by atoms with Gasteiger partial charge in [0, 0.05) is 0 Å². The highest BCUT2D eigenvalue weighted by atomic mass is 16.5. The van der Waals surface area contributed by atoms with Gasteiger partial charge in [-0.3, -0.25) is 4.79 Å². The summed E-state index contributed by atoms with van der Waals surface area (Å²) in [4.78, 5) is 10.7. The van der Waals surface area contributed by atoms with Crippen LogP contribution in [0.3, 0.4) is 0 Å². The zero-order valence-corrected chi connectivity index (χ0v) is 7.90. The fraction of sp³-hybridized carbons (Fsp3) is 0.900. The maximum atomic E-state index is 10.7. The van der Waals surface area contributed by atoms with Gasteiger partial charge in [0.1, 0.15) is 0 Å². The Morgan fingerprint density at radius 1 is 1.38 bits per heavy atom. The molecule has 1 heterocycles. The van der Waals surface area contributed by atoms with Crippen molar-refractivity contribution in [3.05, 3.63) is 0 Å². The molecule has 1 aliphatic carbocycles. The van der Waals surface area contributed by atoms with Gasteiger partial charge in [0.15, 0.2) is 0 Å². The molecule has 0 aromatic carbocycles. The van der Waals surface area contributed by atoms with Gasteiger partial charge in [0.05, 0.1) is 18.1 Å². The van der Waals surface area contributed by atoms with Crippen molar-refractivity contribution >= 4 is 5.97 Å². The van der Waals surface area contributed by atoms with Crippen LogP contribution in [0.2, 0.25) is 0 Å². The van der Waals surface area contributed by atoms with Gasteiger partial charge in [-0.15, -0.1) is 0 Å². The smallest absolute Gasteiger partial charge is 0.308 e. The van der Waals surface area contributed by atoms with E-state index in [4.69, 9.17) is 9.84 Å². The van der Waals surface area contributed by atoms with Crippen LogP contribution in [-0.4, -0.2) is 23.3 Å². The van der Waals surface area contributed by atoms with Crippen molar-refractivity contribution in [3.63, 3.8) is 0 Å². The number of carbonyl (C=O) groups is 1. The number of rotatable bonds is 3. The van der Waals surface area contributed by atoms with Crippen LogP contribution in [0, 0.1) is 11.8 Å². The van der Waals surface area contributed by atoms with E-state index in [1.165, 1.54) is 12.8 Å². The molecule has 1 saturated carbocycles. The molecule has 0 aromatic heterocycles. The quantitative estimate of drug-likeness (QED) is 0.725. The normalized spacial score (nSPS) is 36.1. The zero-order chi connectivity index (χ0) is 9.42. The van der Waals surface area contributed by atoms with Crippen molar-refractivity contribution in [1.29, 1.82) is 0 Å². The van der Waals surface area contributed by atoms with Crippen molar-refractivity contribution in [2.45, 2.75) is 44.8 Å². The number of hydrogen-bond donors (Lipinski definition) is 1. The van der Waals surface area contributed by atoms with Crippen LogP contribution < -0.4 is 0 Å². The summed E-state index contributed by atoms with van der Waals surface area (Å²) in [5, 5.41) is 8.80. The molecular formula is C10H16O3. The predicted octanol–water partition coefficient (Wildman–Crippen LogP) is 1.66. The van der Waals surface area contributed by atoms with Crippen LogP contribution in [0.15, 0.2) is 0 Å². The van der Waals surface area contributed by atoms with Crippen LogP contribution in [-0.2, 0) is 9.53 Å². The topological polar surface area (TPSA) is 46.5 Å². The lowest BCUT2D eigenvalue weighted by molar-refractivity contribution is -0.146. The molecule has 0 aromatic rings. The highest BCUT2D eigenvalue weighted by Gasteiger charge is 2.40. The molecule has 3 heteroatoms. The predicted molar refractivity (Wildman–Crippen MR) is 47.4 cm³/mol. The van der Waals surface area contributed by atoms with Gasteiger partial charge in [-0.2, -0.15) is 0 Å². The summed E-state index contributed by atoms with van der Waals surface area (Å²) < 4.78 is 5.73. The molecule has 3 atom stereocenters. The highest BCUT2D eigenvalue weighted by Crippen LogP contribution is 2.41. The van der Waals surface area contributed by atoms with E-state index in [2.05, 4.69) is 0 Å². The third kappa shape index (κ3) is 1.85. The minimum atomic E-state index is -0.735. The SMILES string of the molecule is CC(C(=O)O)C1CCC(C2CC2)O1. The molecule has 1 aliphatic heterocycles. The molecule has 74 valence electrons. The monoisotopic (exact) mass is 184 g/mol. The Labute approximate surface area is 78.1 Å². The molecule has 2 rings (SSSR count). The number of ether oxygens (including phenoxy) is 1. The van der Waals surface area contributed by atoms with Crippen LogP contribution >= 0.6 is 0 Å². The van der Waals surface area contributed by atoms with E-state index in [9.17, 15) is 4.79 Å². The van der Waals surface area contributed by atoms with Crippen molar-refractivity contribution in [1.82, 2.24) is 0 Å². The van der Waals surface area contributed by atoms with Crippen LogP contribution in [0.25, 0.3) is 0 Å². The molecule has 1 saturated heterocycles. The molecule has 2 fully saturated rings. The minimum Gasteiger partial charge on any atom is -0.481 e. The average molecular weight is 184 g/mol. The van der Waals surface area contributed by atoms with E-state index >= 15 is 0 Å². The molecule has 13 heavy (non-hydrogen) atoms. The summed E-state index contributed by atoms with van der Waals surface area (Å²) >= 11 is 0. The fourth-order valence-electron chi connectivity index (χ4n) is 2.03. The minimum absolute atomic E-state index is 0.0388. The molecule has 3 unspecified atom stereocenters. The molecule has 2 aliphatic rings. The third-order valence-corrected chi connectivity index (χ3v) is 3.18. The molecule has 3 nitrogen and oxygen atoms in total. The van der Waals surface area contributed by atoms with Crippen molar-refractivity contribution in [3.8, 4) is 0 Å². The third-order valence-electron chi connectivity index (χ3n) is 3.18. The van der Waals surface area contributed by atoms with Crippen LogP contribution in [0.1, 0.15) is 32.6 Å². The van der Waals surface area contributed by atoms with Crippen molar-refractivity contribution in [2.75, 3.05) is 0 Å². The van der Waals surface area contributed by atoms with Crippen LogP contribution in [0.5, 0.6) is 0 Å². The molecule has 0 bridgehead atoms. The zero-order valence-electron chi connectivity index (χ0n) is 7.90. The Bertz CT molecular complexity index is 210. The van der Waals surface area contributed by atoms with Crippen molar-refractivity contribution in [2.24, 2.45) is 11.8 Å². The Morgan fingerprint density at radius 2 is 2.08 bits per heavy atom. The summed E-state index contributed by atoms with van der Waals surface area (Å²) in [5.41, 5.74) is 0. The second kappa shape index (κ2) is 3.29. The Hall–Kier alpha value is -0.570. The first kappa shape index (κ1) is 9.00. The number of carboxylic acids is 1. The molecule has 0 amide bonds. The van der Waals surface area contributed by atoms with Gasteiger partial charge < -0.3 is 9.84 Å². The Morgan fingerprint density at radius 3 is 2.62 bits per heavy atom.